The molecule has 0 unspecified atom stereocenters. The van der Waals surface area contributed by atoms with Gasteiger partial charge in [0.15, 0.2) is 0 Å². The summed E-state index contributed by atoms with van der Waals surface area (Å²) in [6.45, 7) is 6.00. The molecule has 0 spiro atoms. The van der Waals surface area contributed by atoms with Crippen molar-refractivity contribution in [2.75, 3.05) is 0 Å². The number of unbranched alkanes of at least 4 members (excludes halogenated alkanes) is 10. The molecular formula is C17H32O4. The van der Waals surface area contributed by atoms with Crippen molar-refractivity contribution < 1.29 is 19.8 Å². The van der Waals surface area contributed by atoms with Gasteiger partial charge in [0.25, 0.3) is 0 Å². The standard InChI is InChI=1S/C15H28O4.C2H4/c16-14(17)12-10-8-6-4-2-1-3-5-7-9-11-13-15(18)19;1-2/h1-13H2,(H,16,17)(H,18,19);1-2H2. The zero-order chi connectivity index (χ0) is 16.3. The van der Waals surface area contributed by atoms with Crippen molar-refractivity contribution in [3.8, 4) is 0 Å². The van der Waals surface area contributed by atoms with Gasteiger partial charge in [-0.3, -0.25) is 9.59 Å². The third-order valence-corrected chi connectivity index (χ3v) is 3.28. The van der Waals surface area contributed by atoms with Crippen molar-refractivity contribution in [2.45, 2.75) is 83.5 Å². The highest BCUT2D eigenvalue weighted by Gasteiger charge is 1.98. The summed E-state index contributed by atoms with van der Waals surface area (Å²) in [4.78, 5) is 20.6. The maximum Gasteiger partial charge on any atom is 0.303 e. The zero-order valence-corrected chi connectivity index (χ0v) is 13.3. The average Bonchev–Trinajstić information content (AvgIpc) is 2.45. The minimum atomic E-state index is -0.692. The van der Waals surface area contributed by atoms with Crippen LogP contribution in [0.3, 0.4) is 0 Å². The van der Waals surface area contributed by atoms with E-state index in [1.54, 1.807) is 0 Å². The van der Waals surface area contributed by atoms with Gasteiger partial charge in [-0.1, -0.05) is 57.8 Å². The zero-order valence-electron chi connectivity index (χ0n) is 13.3. The molecule has 0 bridgehead atoms. The lowest BCUT2D eigenvalue weighted by atomic mass is 10.0. The van der Waals surface area contributed by atoms with Crippen molar-refractivity contribution in [2.24, 2.45) is 0 Å². The van der Waals surface area contributed by atoms with E-state index in [9.17, 15) is 9.59 Å². The molecule has 0 rings (SSSR count). The first-order chi connectivity index (χ1) is 10.1. The molecule has 21 heavy (non-hydrogen) atoms. The van der Waals surface area contributed by atoms with Crippen molar-refractivity contribution in [3.63, 3.8) is 0 Å². The number of carboxylic acid groups (broad SMARTS) is 2. The lowest BCUT2D eigenvalue weighted by Gasteiger charge is -2.02. The molecule has 0 saturated carbocycles. The van der Waals surface area contributed by atoms with Crippen LogP contribution in [0, 0.1) is 0 Å². The van der Waals surface area contributed by atoms with Crippen molar-refractivity contribution in [1.82, 2.24) is 0 Å². The lowest BCUT2D eigenvalue weighted by molar-refractivity contribution is -0.138. The smallest absolute Gasteiger partial charge is 0.303 e. The van der Waals surface area contributed by atoms with E-state index in [0.29, 0.717) is 12.8 Å². The highest BCUT2D eigenvalue weighted by Crippen LogP contribution is 2.12. The molecule has 0 amide bonds. The quantitative estimate of drug-likeness (QED) is 0.348. The van der Waals surface area contributed by atoms with E-state index in [4.69, 9.17) is 10.2 Å². The maximum atomic E-state index is 10.3. The Balaban J connectivity index is 0. The molecule has 0 heterocycles. The molecule has 0 atom stereocenters. The first-order valence-corrected chi connectivity index (χ1v) is 8.06. The summed E-state index contributed by atoms with van der Waals surface area (Å²) in [6.07, 6.45) is 12.7. The third-order valence-electron chi connectivity index (χ3n) is 3.28. The second-order valence-corrected chi connectivity index (χ2v) is 5.18. The maximum absolute atomic E-state index is 10.3. The topological polar surface area (TPSA) is 74.6 Å². The largest absolute Gasteiger partial charge is 0.481 e. The van der Waals surface area contributed by atoms with Gasteiger partial charge in [-0.25, -0.2) is 0 Å². The monoisotopic (exact) mass is 300 g/mol. The third kappa shape index (κ3) is 24.1. The second-order valence-electron chi connectivity index (χ2n) is 5.18. The van der Waals surface area contributed by atoms with Crippen LogP contribution in [0.25, 0.3) is 0 Å². The predicted octanol–water partition coefficient (Wildman–Crippen LogP) is 5.03. The summed E-state index contributed by atoms with van der Waals surface area (Å²) >= 11 is 0. The molecular weight excluding hydrogens is 268 g/mol. The molecule has 0 aromatic rings. The van der Waals surface area contributed by atoms with Crippen LogP contribution in [0.15, 0.2) is 13.2 Å². The molecule has 0 fully saturated rings. The van der Waals surface area contributed by atoms with Crippen molar-refractivity contribution in [1.29, 1.82) is 0 Å². The van der Waals surface area contributed by atoms with Gasteiger partial charge in [0, 0.05) is 12.8 Å². The highest BCUT2D eigenvalue weighted by atomic mass is 16.4. The first-order valence-electron chi connectivity index (χ1n) is 8.06. The summed E-state index contributed by atoms with van der Waals surface area (Å²) in [5, 5.41) is 16.9. The fourth-order valence-corrected chi connectivity index (χ4v) is 2.14. The molecule has 0 aliphatic heterocycles. The molecule has 0 aliphatic carbocycles. The fourth-order valence-electron chi connectivity index (χ4n) is 2.14. The van der Waals surface area contributed by atoms with Crippen molar-refractivity contribution >= 4 is 11.9 Å². The number of rotatable bonds is 14. The Bertz CT molecular complexity index is 227. The summed E-state index contributed by atoms with van der Waals surface area (Å²) in [5.74, 6) is -1.38. The van der Waals surface area contributed by atoms with Gasteiger partial charge in [-0.15, -0.1) is 13.2 Å². The summed E-state index contributed by atoms with van der Waals surface area (Å²) < 4.78 is 0. The van der Waals surface area contributed by atoms with Crippen LogP contribution in [0.4, 0.5) is 0 Å². The number of aliphatic carboxylic acids is 2. The van der Waals surface area contributed by atoms with E-state index in [0.717, 1.165) is 38.5 Å². The Kier molecular flexibility index (Phi) is 19.5. The average molecular weight is 300 g/mol. The number of hydrogen-bond donors (Lipinski definition) is 2. The normalized spacial score (nSPS) is 9.71. The summed E-state index contributed by atoms with van der Waals surface area (Å²) in [7, 11) is 0. The fraction of sp³-hybridized carbons (Fsp3) is 0.765. The van der Waals surface area contributed by atoms with Crippen LogP contribution in [0.5, 0.6) is 0 Å². The van der Waals surface area contributed by atoms with Crippen LogP contribution < -0.4 is 0 Å². The van der Waals surface area contributed by atoms with E-state index in [1.165, 1.54) is 32.1 Å². The Morgan fingerprint density at radius 1 is 0.524 bits per heavy atom. The molecule has 2 N–H and O–H groups in total. The van der Waals surface area contributed by atoms with Crippen LogP contribution in [0.1, 0.15) is 83.5 Å². The molecule has 0 radical (unpaired) electrons. The van der Waals surface area contributed by atoms with Crippen LogP contribution in [-0.4, -0.2) is 22.2 Å². The van der Waals surface area contributed by atoms with E-state index >= 15 is 0 Å². The van der Waals surface area contributed by atoms with Crippen LogP contribution >= 0.6 is 0 Å². The molecule has 0 aromatic heterocycles. The van der Waals surface area contributed by atoms with Gasteiger partial charge in [-0.2, -0.15) is 0 Å². The van der Waals surface area contributed by atoms with Gasteiger partial charge in [0.2, 0.25) is 0 Å². The van der Waals surface area contributed by atoms with Crippen molar-refractivity contribution in [3.05, 3.63) is 13.2 Å². The Labute approximate surface area is 129 Å². The number of carboxylic acids is 2. The van der Waals surface area contributed by atoms with Crippen LogP contribution in [0.2, 0.25) is 0 Å². The van der Waals surface area contributed by atoms with Gasteiger partial charge in [-0.05, 0) is 12.8 Å². The second kappa shape index (κ2) is 18.7. The van der Waals surface area contributed by atoms with E-state index in [-0.39, 0.29) is 0 Å². The molecule has 124 valence electrons. The van der Waals surface area contributed by atoms with Crippen LogP contribution in [-0.2, 0) is 9.59 Å². The van der Waals surface area contributed by atoms with E-state index in [2.05, 4.69) is 13.2 Å². The first kappa shape index (κ1) is 22.0. The molecule has 4 nitrogen and oxygen atoms in total. The summed E-state index contributed by atoms with van der Waals surface area (Å²) in [6, 6.07) is 0. The minimum absolute atomic E-state index is 0.302. The number of carbonyl (C=O) groups is 2. The molecule has 0 aliphatic rings. The summed E-state index contributed by atoms with van der Waals surface area (Å²) in [5.41, 5.74) is 0. The number of hydrogen-bond acceptors (Lipinski definition) is 2. The highest BCUT2D eigenvalue weighted by molar-refractivity contribution is 5.66. The van der Waals surface area contributed by atoms with Gasteiger partial charge < -0.3 is 10.2 Å². The Hall–Kier alpha value is -1.32. The van der Waals surface area contributed by atoms with Gasteiger partial charge >= 0.3 is 11.9 Å². The molecule has 0 aromatic carbocycles. The predicted molar refractivity (Wildman–Crippen MR) is 86.5 cm³/mol. The Morgan fingerprint density at radius 2 is 0.714 bits per heavy atom. The lowest BCUT2D eigenvalue weighted by Crippen LogP contribution is -1.93. The Morgan fingerprint density at radius 3 is 0.905 bits per heavy atom. The van der Waals surface area contributed by atoms with Gasteiger partial charge in [0.05, 0.1) is 0 Å². The van der Waals surface area contributed by atoms with Gasteiger partial charge in [0.1, 0.15) is 0 Å². The molecule has 4 heteroatoms. The minimum Gasteiger partial charge on any atom is -0.481 e. The van der Waals surface area contributed by atoms with E-state index < -0.39 is 11.9 Å². The molecule has 0 saturated heterocycles. The SMILES string of the molecule is C=C.O=C(O)CCCCCCCCCCCCCC(=O)O. The van der Waals surface area contributed by atoms with E-state index in [1.807, 2.05) is 0 Å².